The first-order valence-electron chi connectivity index (χ1n) is 22.4. The zero-order valence-electron chi connectivity index (χ0n) is 40.0. The van der Waals surface area contributed by atoms with Crippen LogP contribution >= 0.6 is 0 Å². The summed E-state index contributed by atoms with van der Waals surface area (Å²) in [6.45, 7) is 4.29. The zero-order valence-corrected chi connectivity index (χ0v) is 40.0. The van der Waals surface area contributed by atoms with E-state index in [4.69, 9.17) is 4.74 Å². The van der Waals surface area contributed by atoms with E-state index in [1.54, 1.807) is 0 Å². The number of hydrogen-bond acceptors (Lipinski definition) is 2. The van der Waals surface area contributed by atoms with Gasteiger partial charge in [0.2, 0.25) is 17.8 Å². The van der Waals surface area contributed by atoms with Crippen LogP contribution in [0.2, 0.25) is 0 Å². The van der Waals surface area contributed by atoms with Gasteiger partial charge in [-0.2, -0.15) is 132 Å². The van der Waals surface area contributed by atoms with Crippen LogP contribution in [0, 0.1) is 0 Å². The average molecular weight is 1170 g/mol. The topological polar surface area (TPSA) is 30.2 Å². The van der Waals surface area contributed by atoms with Crippen LogP contribution < -0.4 is 31.2 Å². The molecule has 1 aromatic heterocycles. The highest BCUT2D eigenvalue weighted by atomic mass is 19.4. The Hall–Kier alpha value is -7.42. The quantitative estimate of drug-likeness (QED) is 0.0624. The number of Topliss-reactive ketones (excluding diaryl/α,β-unsaturated/α-hetero) is 1. The molecule has 6 aromatic carbocycles. The van der Waals surface area contributed by atoms with Crippen molar-refractivity contribution in [3.05, 3.63) is 190 Å². The summed E-state index contributed by atoms with van der Waals surface area (Å²) in [5.74, 6) is 0.872. The van der Waals surface area contributed by atoms with Crippen LogP contribution in [0.15, 0.2) is 140 Å². The Morgan fingerprint density at radius 3 is 0.950 bits per heavy atom. The standard InChI is InChI=1S/C32H12BF24.C20H20NO2/c34-25(35,36)13-1-14(26(37,38)39)6-21(5-13)33(22-7-15(27(40,41)42)2-16(8-22)28(43,44)45,23-9-17(29(46,47)48)3-18(10-23)30(49,50)51)24-11-19(31(52,53)54)4-20(12-24)32(55,56)57;1-15(2)23-18-11-9-17(10-12-18)20(22)14-21-13-5-7-16-6-3-4-8-19(16)21/h1-12H;3-13,15H,14H2,1-2H3/q-1;+1. The number of pyridine rings is 1. The van der Waals surface area contributed by atoms with Gasteiger partial charge in [0.1, 0.15) is 11.9 Å². The van der Waals surface area contributed by atoms with Crippen molar-refractivity contribution in [1.82, 2.24) is 0 Å². The van der Waals surface area contributed by atoms with Crippen LogP contribution in [0.3, 0.4) is 0 Å². The summed E-state index contributed by atoms with van der Waals surface area (Å²) in [6, 6.07) is 10.6. The maximum Gasteiger partial charge on any atom is 0.416 e. The number of carbonyl (C=O) groups is 1. The van der Waals surface area contributed by atoms with Gasteiger partial charge in [0.05, 0.1) is 50.6 Å². The van der Waals surface area contributed by atoms with Gasteiger partial charge in [-0.05, 0) is 74.5 Å². The fourth-order valence-corrected chi connectivity index (χ4v) is 8.67. The number of fused-ring (bicyclic) bond motifs is 1. The molecule has 428 valence electrons. The molecule has 0 bridgehead atoms. The Morgan fingerprint density at radius 1 is 0.400 bits per heavy atom. The Labute approximate surface area is 434 Å². The van der Waals surface area contributed by atoms with Crippen molar-refractivity contribution in [2.45, 2.75) is 75.9 Å². The third kappa shape index (κ3) is 14.1. The third-order valence-electron chi connectivity index (χ3n) is 12.1. The smallest absolute Gasteiger partial charge is 0.416 e. The largest absolute Gasteiger partial charge is 0.491 e. The lowest BCUT2D eigenvalue weighted by molar-refractivity contribution is -0.657. The van der Waals surface area contributed by atoms with Gasteiger partial charge in [0.25, 0.3) is 0 Å². The molecule has 28 heteroatoms. The predicted molar refractivity (Wildman–Crippen MR) is 241 cm³/mol. The van der Waals surface area contributed by atoms with Crippen molar-refractivity contribution in [2.75, 3.05) is 0 Å². The van der Waals surface area contributed by atoms with E-state index in [-0.39, 0.29) is 11.9 Å². The molecule has 0 amide bonds. The van der Waals surface area contributed by atoms with E-state index < -0.39 is 195 Å². The molecule has 0 unspecified atom stereocenters. The minimum atomic E-state index is -6.13. The molecule has 1 heterocycles. The van der Waals surface area contributed by atoms with Crippen LogP contribution in [0.5, 0.6) is 5.75 Å². The zero-order chi connectivity index (χ0) is 60.1. The maximum atomic E-state index is 14.2. The second kappa shape index (κ2) is 21.6. The fourth-order valence-electron chi connectivity index (χ4n) is 8.67. The van der Waals surface area contributed by atoms with Crippen LogP contribution in [0.4, 0.5) is 105 Å². The van der Waals surface area contributed by atoms with Crippen molar-refractivity contribution < 1.29 is 119 Å². The van der Waals surface area contributed by atoms with Crippen molar-refractivity contribution in [2.24, 2.45) is 0 Å². The summed E-state index contributed by atoms with van der Waals surface area (Å²) in [5, 5.41) is 1.13. The number of ketones is 1. The molecule has 7 rings (SSSR count). The normalized spacial score (nSPS) is 13.3. The van der Waals surface area contributed by atoms with Crippen LogP contribution in [0.1, 0.15) is 68.7 Å². The van der Waals surface area contributed by atoms with Crippen LogP contribution in [0.25, 0.3) is 10.9 Å². The van der Waals surface area contributed by atoms with Crippen LogP contribution in [-0.4, -0.2) is 18.0 Å². The van der Waals surface area contributed by atoms with E-state index >= 15 is 0 Å². The number of nitrogens with zero attached hydrogens (tertiary/aromatic N) is 1. The second-order valence-electron chi connectivity index (χ2n) is 18.0. The van der Waals surface area contributed by atoms with Gasteiger partial charge in [0.15, 0.2) is 6.20 Å². The molecule has 0 atom stereocenters. The highest BCUT2D eigenvalue weighted by Gasteiger charge is 2.47. The monoisotopic (exact) mass is 1170 g/mol. The van der Waals surface area contributed by atoms with E-state index in [0.717, 1.165) is 16.7 Å². The molecule has 0 aliphatic heterocycles. The molecule has 0 aliphatic rings. The number of ether oxygens (including phenoxy) is 1. The third-order valence-corrected chi connectivity index (χ3v) is 12.1. The summed E-state index contributed by atoms with van der Waals surface area (Å²) >= 11 is 0. The second-order valence-corrected chi connectivity index (χ2v) is 18.0. The number of hydrogen-bond donors (Lipinski definition) is 0. The predicted octanol–water partition coefficient (Wildman–Crippen LogP) is 15.0. The van der Waals surface area contributed by atoms with E-state index in [1.807, 2.05) is 85.3 Å². The first-order chi connectivity index (χ1) is 36.4. The van der Waals surface area contributed by atoms with Gasteiger partial charge in [-0.25, -0.2) is 0 Å². The molecule has 0 spiro atoms. The van der Waals surface area contributed by atoms with E-state index in [9.17, 15) is 110 Å². The van der Waals surface area contributed by atoms with Gasteiger partial charge in [-0.3, -0.25) is 4.79 Å². The van der Waals surface area contributed by atoms with Crippen molar-refractivity contribution in [3.63, 3.8) is 0 Å². The molecule has 0 aliphatic carbocycles. The summed E-state index contributed by atoms with van der Waals surface area (Å²) in [4.78, 5) is 12.5. The summed E-state index contributed by atoms with van der Waals surface area (Å²) in [7, 11) is 0. The highest BCUT2D eigenvalue weighted by molar-refractivity contribution is 7.20. The molecular formula is C52H32BF24NO2. The number of para-hydroxylation sites is 1. The minimum absolute atomic E-state index is 0.0856. The SMILES string of the molecule is CC(C)Oc1ccc(C(=O)C[n+]2cccc3ccccc32)cc1.FC(F)(F)c1cc([B-](c2cc(C(F)(F)F)cc(C(F)(F)F)c2)(c2cc(C(F)(F)F)cc(C(F)(F)F)c2)c2cc(C(F)(F)F)cc(C(F)(F)F)c2)cc(C(F)(F)F)c1. The maximum absolute atomic E-state index is 14.2. The van der Waals surface area contributed by atoms with Gasteiger partial charge in [-0.1, -0.05) is 60.7 Å². The van der Waals surface area contributed by atoms with E-state index in [1.165, 1.54) is 0 Å². The van der Waals surface area contributed by atoms with E-state index in [0.29, 0.717) is 12.1 Å². The molecule has 80 heavy (non-hydrogen) atoms. The Morgan fingerprint density at radius 2 is 0.675 bits per heavy atom. The molecule has 3 nitrogen and oxygen atoms in total. The number of alkyl halides is 24. The van der Waals surface area contributed by atoms with Gasteiger partial charge >= 0.3 is 49.4 Å². The van der Waals surface area contributed by atoms with Gasteiger partial charge in [-0.15, -0.1) is 0 Å². The summed E-state index contributed by atoms with van der Waals surface area (Å²) in [6.07, 6.45) is -52.7. The van der Waals surface area contributed by atoms with Crippen molar-refractivity contribution in [1.29, 1.82) is 0 Å². The van der Waals surface area contributed by atoms with Crippen molar-refractivity contribution >= 4 is 44.7 Å². The summed E-state index contributed by atoms with van der Waals surface area (Å²) < 4.78 is 348. The number of benzene rings is 6. The number of rotatable bonds is 9. The Bertz CT molecular complexity index is 2940. The first-order valence-corrected chi connectivity index (χ1v) is 22.4. The molecule has 0 fully saturated rings. The highest BCUT2D eigenvalue weighted by Crippen LogP contribution is 2.41. The van der Waals surface area contributed by atoms with E-state index in [2.05, 4.69) is 0 Å². The minimum Gasteiger partial charge on any atom is -0.491 e. The lowest BCUT2D eigenvalue weighted by Gasteiger charge is -2.46. The first kappa shape index (κ1) is 61.8. The lowest BCUT2D eigenvalue weighted by Crippen LogP contribution is -2.75. The lowest BCUT2D eigenvalue weighted by atomic mass is 9.12. The molecule has 0 N–H and O–H groups in total. The molecule has 7 aromatic rings. The Balaban J connectivity index is 0.000000370. The Kier molecular flexibility index (Phi) is 16.7. The average Bonchev–Trinajstić information content (AvgIpc) is 3.33. The number of halogens is 24. The fraction of sp³-hybridized carbons (Fsp3) is 0.231. The summed E-state index contributed by atoms with van der Waals surface area (Å²) in [5.41, 5.74) is -28.5. The van der Waals surface area contributed by atoms with Crippen molar-refractivity contribution in [3.8, 4) is 5.75 Å². The number of aromatic nitrogens is 1. The van der Waals surface area contributed by atoms with Crippen LogP contribution in [-0.2, 0) is 56.0 Å². The molecule has 0 saturated carbocycles. The number of carbonyl (C=O) groups excluding carboxylic acids is 1. The molecule has 0 radical (unpaired) electrons. The van der Waals surface area contributed by atoms with Gasteiger partial charge in [0, 0.05) is 23.1 Å². The molecular weight excluding hydrogens is 1140 g/mol. The van der Waals surface area contributed by atoms with Gasteiger partial charge < -0.3 is 4.74 Å². The molecule has 0 saturated heterocycles.